The second kappa shape index (κ2) is 8.46. The summed E-state index contributed by atoms with van der Waals surface area (Å²) in [7, 11) is 0. The van der Waals surface area contributed by atoms with Crippen LogP contribution in [0.1, 0.15) is 56.8 Å². The second-order valence-electron chi connectivity index (χ2n) is 5.95. The molecule has 1 rings (SSSR count). The van der Waals surface area contributed by atoms with Gasteiger partial charge in [0.15, 0.2) is 0 Å². The van der Waals surface area contributed by atoms with E-state index in [-0.39, 0.29) is 10.3 Å². The lowest BCUT2D eigenvalue weighted by Gasteiger charge is -2.22. The Morgan fingerprint density at radius 3 is 2.50 bits per heavy atom. The van der Waals surface area contributed by atoms with Crippen LogP contribution in [0.25, 0.3) is 0 Å². The Labute approximate surface area is 131 Å². The molecular weight excluding hydrogens is 316 g/mol. The van der Waals surface area contributed by atoms with Gasteiger partial charge in [-0.15, -0.1) is 0 Å². The van der Waals surface area contributed by atoms with Crippen LogP contribution in [0.2, 0.25) is 0 Å². The van der Waals surface area contributed by atoms with Crippen molar-refractivity contribution in [1.82, 2.24) is 0 Å². The zero-order valence-corrected chi connectivity index (χ0v) is 14.3. The summed E-state index contributed by atoms with van der Waals surface area (Å²) < 4.78 is 5.38. The molecule has 0 aromatic heterocycles. The molecule has 0 saturated carbocycles. The molecule has 0 aliphatic carbocycles. The standard InChI is InChI=1S/C17H25BrO2/c1-14(2)8-7-11-17(3,18)12-13-20-16(19)15-9-5-4-6-10-15/h4-6,9-10,14H,7-8,11-13H2,1-3H3. The predicted molar refractivity (Wildman–Crippen MR) is 87.4 cm³/mol. The fraction of sp³-hybridized carbons (Fsp3) is 0.588. The maximum absolute atomic E-state index is 11.8. The number of benzene rings is 1. The zero-order chi connectivity index (χ0) is 15.0. The first-order valence-corrected chi connectivity index (χ1v) is 8.11. The van der Waals surface area contributed by atoms with Crippen molar-refractivity contribution in [3.05, 3.63) is 35.9 Å². The van der Waals surface area contributed by atoms with Gasteiger partial charge in [0.2, 0.25) is 0 Å². The normalized spacial score (nSPS) is 14.1. The van der Waals surface area contributed by atoms with Gasteiger partial charge in [0.1, 0.15) is 0 Å². The van der Waals surface area contributed by atoms with Crippen molar-refractivity contribution in [2.45, 2.75) is 50.8 Å². The van der Waals surface area contributed by atoms with Crippen LogP contribution in [0.15, 0.2) is 30.3 Å². The van der Waals surface area contributed by atoms with Crippen molar-refractivity contribution in [3.8, 4) is 0 Å². The summed E-state index contributed by atoms with van der Waals surface area (Å²) in [6, 6.07) is 9.13. The molecule has 1 atom stereocenters. The van der Waals surface area contributed by atoms with Crippen LogP contribution >= 0.6 is 15.9 Å². The molecule has 0 aliphatic rings. The number of carbonyl (C=O) groups excluding carboxylic acids is 1. The number of alkyl halides is 1. The van der Waals surface area contributed by atoms with Crippen LogP contribution < -0.4 is 0 Å². The van der Waals surface area contributed by atoms with Crippen LogP contribution in [0, 0.1) is 5.92 Å². The molecule has 0 saturated heterocycles. The van der Waals surface area contributed by atoms with Gasteiger partial charge in [-0.05, 0) is 37.8 Å². The molecule has 3 heteroatoms. The lowest BCUT2D eigenvalue weighted by atomic mass is 9.97. The quantitative estimate of drug-likeness (QED) is 0.479. The van der Waals surface area contributed by atoms with E-state index >= 15 is 0 Å². The van der Waals surface area contributed by atoms with E-state index in [2.05, 4.69) is 36.7 Å². The van der Waals surface area contributed by atoms with Gasteiger partial charge >= 0.3 is 5.97 Å². The van der Waals surface area contributed by atoms with E-state index in [1.165, 1.54) is 12.8 Å². The molecule has 1 aromatic rings. The number of rotatable bonds is 8. The molecular formula is C17H25BrO2. The highest BCUT2D eigenvalue weighted by Crippen LogP contribution is 2.29. The summed E-state index contributed by atoms with van der Waals surface area (Å²) in [6.45, 7) is 7.11. The Morgan fingerprint density at radius 1 is 1.25 bits per heavy atom. The fourth-order valence-electron chi connectivity index (χ4n) is 2.02. The van der Waals surface area contributed by atoms with Crippen molar-refractivity contribution in [2.24, 2.45) is 5.92 Å². The van der Waals surface area contributed by atoms with Crippen LogP contribution in [-0.4, -0.2) is 16.9 Å². The molecule has 0 N–H and O–H groups in total. The van der Waals surface area contributed by atoms with Gasteiger partial charge in [-0.25, -0.2) is 4.79 Å². The van der Waals surface area contributed by atoms with Gasteiger partial charge in [0, 0.05) is 4.32 Å². The van der Waals surface area contributed by atoms with E-state index in [4.69, 9.17) is 4.74 Å². The summed E-state index contributed by atoms with van der Waals surface area (Å²) in [5.41, 5.74) is 0.614. The molecule has 20 heavy (non-hydrogen) atoms. The molecule has 0 spiro atoms. The highest BCUT2D eigenvalue weighted by atomic mass is 79.9. The maximum atomic E-state index is 11.8. The van der Waals surface area contributed by atoms with Crippen LogP contribution in [0.4, 0.5) is 0 Å². The highest BCUT2D eigenvalue weighted by molar-refractivity contribution is 9.10. The van der Waals surface area contributed by atoms with E-state index in [1.54, 1.807) is 12.1 Å². The lowest BCUT2D eigenvalue weighted by Crippen LogP contribution is -2.20. The minimum Gasteiger partial charge on any atom is -0.462 e. The first kappa shape index (κ1) is 17.2. The molecule has 0 aliphatic heterocycles. The third-order valence-corrected chi connectivity index (χ3v) is 4.14. The van der Waals surface area contributed by atoms with Crippen molar-refractivity contribution >= 4 is 21.9 Å². The number of esters is 1. The summed E-state index contributed by atoms with van der Waals surface area (Å²) in [6.07, 6.45) is 4.38. The monoisotopic (exact) mass is 340 g/mol. The van der Waals surface area contributed by atoms with Gasteiger partial charge in [-0.1, -0.05) is 60.8 Å². The third-order valence-electron chi connectivity index (χ3n) is 3.35. The Bertz CT molecular complexity index is 399. The van der Waals surface area contributed by atoms with E-state index in [9.17, 15) is 4.79 Å². The SMILES string of the molecule is CC(C)CCCC(C)(Br)CCOC(=O)c1ccccc1. The third kappa shape index (κ3) is 7.09. The minimum absolute atomic E-state index is 0.0544. The first-order valence-electron chi connectivity index (χ1n) is 7.32. The van der Waals surface area contributed by atoms with E-state index < -0.39 is 0 Å². The number of ether oxygens (including phenoxy) is 1. The van der Waals surface area contributed by atoms with Gasteiger partial charge in [-0.2, -0.15) is 0 Å². The van der Waals surface area contributed by atoms with Crippen molar-refractivity contribution < 1.29 is 9.53 Å². The summed E-state index contributed by atoms with van der Waals surface area (Å²) in [5.74, 6) is 0.505. The summed E-state index contributed by atoms with van der Waals surface area (Å²) in [4.78, 5) is 11.8. The second-order valence-corrected chi connectivity index (χ2v) is 7.87. The fourth-order valence-corrected chi connectivity index (χ4v) is 2.46. The molecule has 0 amide bonds. The first-order chi connectivity index (χ1) is 9.41. The van der Waals surface area contributed by atoms with E-state index in [1.807, 2.05) is 18.2 Å². The van der Waals surface area contributed by atoms with Crippen LogP contribution in [-0.2, 0) is 4.74 Å². The number of carbonyl (C=O) groups is 1. The van der Waals surface area contributed by atoms with Crippen molar-refractivity contribution in [2.75, 3.05) is 6.61 Å². The van der Waals surface area contributed by atoms with Crippen LogP contribution in [0.5, 0.6) is 0 Å². The molecule has 112 valence electrons. The smallest absolute Gasteiger partial charge is 0.338 e. The van der Waals surface area contributed by atoms with Gasteiger partial charge in [0.05, 0.1) is 12.2 Å². The topological polar surface area (TPSA) is 26.3 Å². The molecule has 0 heterocycles. The number of halogens is 1. The van der Waals surface area contributed by atoms with E-state index in [0.29, 0.717) is 12.2 Å². The van der Waals surface area contributed by atoms with Crippen molar-refractivity contribution in [1.29, 1.82) is 0 Å². The molecule has 2 nitrogen and oxygen atoms in total. The summed E-state index contributed by atoms with van der Waals surface area (Å²) >= 11 is 3.75. The van der Waals surface area contributed by atoms with Gasteiger partial charge < -0.3 is 4.74 Å². The molecule has 1 aromatic carbocycles. The van der Waals surface area contributed by atoms with Crippen molar-refractivity contribution in [3.63, 3.8) is 0 Å². The van der Waals surface area contributed by atoms with E-state index in [0.717, 1.165) is 18.8 Å². The Morgan fingerprint density at radius 2 is 1.90 bits per heavy atom. The average molecular weight is 341 g/mol. The van der Waals surface area contributed by atoms with Gasteiger partial charge in [-0.3, -0.25) is 0 Å². The Balaban J connectivity index is 2.27. The highest BCUT2D eigenvalue weighted by Gasteiger charge is 2.20. The maximum Gasteiger partial charge on any atom is 0.338 e. The largest absolute Gasteiger partial charge is 0.462 e. The zero-order valence-electron chi connectivity index (χ0n) is 12.7. The van der Waals surface area contributed by atoms with Gasteiger partial charge in [0.25, 0.3) is 0 Å². The predicted octanol–water partition coefficient (Wildman–Crippen LogP) is 5.21. The number of hydrogen-bond acceptors (Lipinski definition) is 2. The average Bonchev–Trinajstić information content (AvgIpc) is 2.38. The summed E-state index contributed by atoms with van der Waals surface area (Å²) in [5, 5.41) is 0. The Hall–Kier alpha value is -0.830. The molecule has 1 unspecified atom stereocenters. The molecule has 0 radical (unpaired) electrons. The lowest BCUT2D eigenvalue weighted by molar-refractivity contribution is 0.0491. The minimum atomic E-state index is -0.240. The number of hydrogen-bond donors (Lipinski definition) is 0. The van der Waals surface area contributed by atoms with Crippen LogP contribution in [0.3, 0.4) is 0 Å². The molecule has 0 bridgehead atoms. The Kier molecular flexibility index (Phi) is 7.28. The molecule has 0 fully saturated rings.